The third-order valence-electron chi connectivity index (χ3n) is 2.36. The molecule has 0 spiro atoms. The van der Waals surface area contributed by atoms with E-state index in [9.17, 15) is 13.2 Å². The fraction of sp³-hybridized carbons (Fsp3) is 0.727. The monoisotopic (exact) mass is 263 g/mol. The van der Waals surface area contributed by atoms with Gasteiger partial charge in [-0.05, 0) is 20.8 Å². The lowest BCUT2D eigenvalue weighted by Crippen LogP contribution is -2.41. The second-order valence-corrected chi connectivity index (χ2v) is 6.97. The van der Waals surface area contributed by atoms with Crippen LogP contribution in [0.2, 0.25) is 0 Å². The summed E-state index contributed by atoms with van der Waals surface area (Å²) in [5.74, 6) is -0.392. The summed E-state index contributed by atoms with van der Waals surface area (Å²) in [6.07, 6.45) is 4.14. The molecule has 17 heavy (non-hydrogen) atoms. The molecule has 0 radical (unpaired) electrons. The average molecular weight is 263 g/mol. The Morgan fingerprint density at radius 3 is 2.47 bits per heavy atom. The number of esters is 1. The van der Waals surface area contributed by atoms with Gasteiger partial charge in [0.2, 0.25) is 0 Å². The predicted molar refractivity (Wildman–Crippen MR) is 67.6 cm³/mol. The molecule has 0 saturated heterocycles. The van der Waals surface area contributed by atoms with Crippen molar-refractivity contribution in [2.45, 2.75) is 25.5 Å². The van der Waals surface area contributed by atoms with E-state index in [0.717, 1.165) is 0 Å². The molecule has 0 aromatic heterocycles. The summed E-state index contributed by atoms with van der Waals surface area (Å²) >= 11 is 0. The Hall–Kier alpha value is -0.880. The van der Waals surface area contributed by atoms with E-state index in [1.54, 1.807) is 26.8 Å². The first-order valence-electron chi connectivity index (χ1n) is 5.44. The number of hydrogen-bond donors (Lipinski definition) is 1. The smallest absolute Gasteiger partial charge is 0.330 e. The molecule has 0 fully saturated rings. The molecular formula is C11H21NO4S. The summed E-state index contributed by atoms with van der Waals surface area (Å²) in [4.78, 5) is 10.9. The molecule has 0 aromatic rings. The van der Waals surface area contributed by atoms with Gasteiger partial charge in [0.15, 0.2) is 9.84 Å². The summed E-state index contributed by atoms with van der Waals surface area (Å²) in [7, 11) is -3.09. The van der Waals surface area contributed by atoms with Crippen molar-refractivity contribution in [3.8, 4) is 0 Å². The Morgan fingerprint density at radius 1 is 1.41 bits per heavy atom. The van der Waals surface area contributed by atoms with Crippen molar-refractivity contribution in [1.82, 2.24) is 5.32 Å². The van der Waals surface area contributed by atoms with Crippen LogP contribution in [0.25, 0.3) is 0 Å². The lowest BCUT2D eigenvalue weighted by molar-refractivity contribution is -0.137. The number of carbonyl (C=O) groups excluding carboxylic acids is 1. The first kappa shape index (κ1) is 16.1. The number of hydrogen-bond acceptors (Lipinski definition) is 5. The van der Waals surface area contributed by atoms with Crippen LogP contribution in [0.4, 0.5) is 0 Å². The maximum absolute atomic E-state index is 11.4. The van der Waals surface area contributed by atoms with Crippen molar-refractivity contribution in [1.29, 1.82) is 0 Å². The molecule has 0 saturated carbocycles. The molecule has 0 aromatic carbocycles. The lowest BCUT2D eigenvalue weighted by atomic mass is 10.2. The van der Waals surface area contributed by atoms with Gasteiger partial charge in [-0.25, -0.2) is 13.2 Å². The molecule has 0 bridgehead atoms. The molecule has 0 unspecified atom stereocenters. The Balaban J connectivity index is 3.98. The Bertz CT molecular complexity index is 371. The largest absolute Gasteiger partial charge is 0.463 e. The molecule has 100 valence electrons. The van der Waals surface area contributed by atoms with E-state index in [0.29, 0.717) is 19.7 Å². The number of ether oxygens (including phenoxy) is 1. The molecule has 0 atom stereocenters. The maximum Gasteiger partial charge on any atom is 0.330 e. The summed E-state index contributed by atoms with van der Waals surface area (Å²) in [5.41, 5.74) is 0. The summed E-state index contributed by atoms with van der Waals surface area (Å²) in [6.45, 7) is 6.15. The molecule has 0 rings (SSSR count). The van der Waals surface area contributed by atoms with E-state index in [1.165, 1.54) is 12.3 Å². The molecular weight excluding hydrogens is 242 g/mol. The molecule has 0 heterocycles. The number of nitrogens with one attached hydrogen (secondary N) is 1. The quantitative estimate of drug-likeness (QED) is 0.412. The van der Waals surface area contributed by atoms with Crippen LogP contribution in [0.1, 0.15) is 20.8 Å². The normalized spacial score (nSPS) is 12.9. The Labute approximate surface area is 103 Å². The first-order valence-corrected chi connectivity index (χ1v) is 7.33. The van der Waals surface area contributed by atoms with Gasteiger partial charge >= 0.3 is 5.97 Å². The molecule has 0 aliphatic rings. The van der Waals surface area contributed by atoms with Crippen LogP contribution >= 0.6 is 0 Å². The molecule has 1 N–H and O–H groups in total. The average Bonchev–Trinajstić information content (AvgIpc) is 2.15. The fourth-order valence-corrected chi connectivity index (χ4v) is 1.30. The fourth-order valence-electron chi connectivity index (χ4n) is 0.933. The summed E-state index contributed by atoms with van der Waals surface area (Å²) in [5, 5.41) is 2.96. The van der Waals surface area contributed by atoms with Gasteiger partial charge in [-0.2, -0.15) is 0 Å². The highest BCUT2D eigenvalue weighted by Crippen LogP contribution is 2.12. The number of carbonyl (C=O) groups is 1. The standard InChI is InChI=1S/C11H21NO4S/c1-5-16-10(13)7-6-8-12-9-11(2,3)17(4,14)15/h6-7,12H,5,8-9H2,1-4H3/b7-6+. The van der Waals surface area contributed by atoms with Crippen LogP contribution in [0, 0.1) is 0 Å². The number of sulfone groups is 1. The topological polar surface area (TPSA) is 72.5 Å². The van der Waals surface area contributed by atoms with E-state index in [2.05, 4.69) is 5.32 Å². The summed E-state index contributed by atoms with van der Waals surface area (Å²) in [6, 6.07) is 0. The summed E-state index contributed by atoms with van der Waals surface area (Å²) < 4.78 is 26.6. The minimum absolute atomic E-state index is 0.332. The minimum Gasteiger partial charge on any atom is -0.463 e. The highest BCUT2D eigenvalue weighted by molar-refractivity contribution is 7.92. The van der Waals surface area contributed by atoms with Gasteiger partial charge in [0.1, 0.15) is 0 Å². The van der Waals surface area contributed by atoms with E-state index in [-0.39, 0.29) is 0 Å². The molecule has 0 aliphatic heterocycles. The zero-order valence-electron chi connectivity index (χ0n) is 10.8. The van der Waals surface area contributed by atoms with Crippen molar-refractivity contribution in [2.75, 3.05) is 26.0 Å². The van der Waals surface area contributed by atoms with Gasteiger partial charge in [0, 0.05) is 25.4 Å². The van der Waals surface area contributed by atoms with Crippen LogP contribution in [-0.4, -0.2) is 45.1 Å². The highest BCUT2D eigenvalue weighted by Gasteiger charge is 2.29. The Morgan fingerprint density at radius 2 is 2.00 bits per heavy atom. The van der Waals surface area contributed by atoms with Gasteiger partial charge in [0.05, 0.1) is 11.4 Å². The van der Waals surface area contributed by atoms with Crippen LogP contribution in [0.3, 0.4) is 0 Å². The van der Waals surface area contributed by atoms with E-state index in [1.807, 2.05) is 0 Å². The van der Waals surface area contributed by atoms with Gasteiger partial charge < -0.3 is 10.1 Å². The van der Waals surface area contributed by atoms with E-state index >= 15 is 0 Å². The maximum atomic E-state index is 11.4. The van der Waals surface area contributed by atoms with Crippen LogP contribution in [0.15, 0.2) is 12.2 Å². The van der Waals surface area contributed by atoms with Crippen molar-refractivity contribution in [2.24, 2.45) is 0 Å². The van der Waals surface area contributed by atoms with Crippen molar-refractivity contribution in [3.05, 3.63) is 12.2 Å². The SMILES string of the molecule is CCOC(=O)/C=C/CNCC(C)(C)S(C)(=O)=O. The second-order valence-electron chi connectivity index (χ2n) is 4.32. The van der Waals surface area contributed by atoms with Gasteiger partial charge in [-0.3, -0.25) is 0 Å². The lowest BCUT2D eigenvalue weighted by Gasteiger charge is -2.22. The zero-order valence-corrected chi connectivity index (χ0v) is 11.6. The van der Waals surface area contributed by atoms with E-state index < -0.39 is 20.6 Å². The molecule has 6 heteroatoms. The number of rotatable bonds is 7. The van der Waals surface area contributed by atoms with Crippen molar-refractivity contribution in [3.63, 3.8) is 0 Å². The van der Waals surface area contributed by atoms with Crippen LogP contribution < -0.4 is 5.32 Å². The van der Waals surface area contributed by atoms with Crippen molar-refractivity contribution >= 4 is 15.8 Å². The molecule has 5 nitrogen and oxygen atoms in total. The van der Waals surface area contributed by atoms with Crippen LogP contribution in [0.5, 0.6) is 0 Å². The van der Waals surface area contributed by atoms with Gasteiger partial charge in [-0.15, -0.1) is 0 Å². The van der Waals surface area contributed by atoms with Gasteiger partial charge in [0.25, 0.3) is 0 Å². The van der Waals surface area contributed by atoms with Crippen molar-refractivity contribution < 1.29 is 17.9 Å². The first-order chi connectivity index (χ1) is 7.70. The van der Waals surface area contributed by atoms with Crippen LogP contribution in [-0.2, 0) is 19.4 Å². The van der Waals surface area contributed by atoms with Gasteiger partial charge in [-0.1, -0.05) is 6.08 Å². The Kier molecular flexibility index (Phi) is 6.41. The minimum atomic E-state index is -3.09. The zero-order chi connectivity index (χ0) is 13.5. The predicted octanol–water partition coefficient (Wildman–Crippen LogP) is 0.518. The molecule has 0 amide bonds. The third-order valence-corrected chi connectivity index (χ3v) is 4.51. The molecule has 0 aliphatic carbocycles. The third kappa shape index (κ3) is 6.43. The van der Waals surface area contributed by atoms with E-state index in [4.69, 9.17) is 4.74 Å². The highest BCUT2D eigenvalue weighted by atomic mass is 32.2. The second kappa shape index (κ2) is 6.76.